The molecule has 0 bridgehead atoms. The fourth-order valence-electron chi connectivity index (χ4n) is 4.51. The molecule has 1 aliphatic rings. The smallest absolute Gasteiger partial charge is 0.312 e. The van der Waals surface area contributed by atoms with Crippen LogP contribution in [-0.4, -0.2) is 29.4 Å². The van der Waals surface area contributed by atoms with E-state index in [0.717, 1.165) is 5.56 Å². The first-order valence-corrected chi connectivity index (χ1v) is 11.4. The molecule has 0 unspecified atom stereocenters. The number of esters is 1. The number of hydrogen-bond donors (Lipinski definition) is 2. The Balaban J connectivity index is 1.75. The summed E-state index contributed by atoms with van der Waals surface area (Å²) >= 11 is 0. The predicted octanol–water partition coefficient (Wildman–Crippen LogP) is 5.11. The van der Waals surface area contributed by atoms with Crippen molar-refractivity contribution in [1.29, 1.82) is 0 Å². The highest BCUT2D eigenvalue weighted by Crippen LogP contribution is 2.46. The van der Waals surface area contributed by atoms with Crippen LogP contribution in [0, 0.1) is 0 Å². The van der Waals surface area contributed by atoms with E-state index in [1.807, 2.05) is 38.1 Å². The molecule has 8 nitrogen and oxygen atoms in total. The number of fused-ring (bicyclic) bond motifs is 3. The number of phenolic OH excluding ortho intramolecular Hbond substituents is 2. The van der Waals surface area contributed by atoms with Crippen molar-refractivity contribution in [2.24, 2.45) is 0 Å². The van der Waals surface area contributed by atoms with Crippen LogP contribution >= 0.6 is 0 Å². The predicted molar refractivity (Wildman–Crippen MR) is 132 cm³/mol. The van der Waals surface area contributed by atoms with E-state index in [9.17, 15) is 19.8 Å². The number of phenols is 2. The molecule has 2 N–H and O–H groups in total. The van der Waals surface area contributed by atoms with Gasteiger partial charge in [0.05, 0.1) is 19.6 Å². The Morgan fingerprint density at radius 2 is 1.81 bits per heavy atom. The summed E-state index contributed by atoms with van der Waals surface area (Å²) in [6.07, 6.45) is -0.0296. The normalized spacial score (nSPS) is 15.0. The molecule has 36 heavy (non-hydrogen) atoms. The average Bonchev–Trinajstić information content (AvgIpc) is 2.82. The molecule has 5 rings (SSSR count). The van der Waals surface area contributed by atoms with Crippen LogP contribution in [-0.2, 0) is 4.79 Å². The van der Waals surface area contributed by atoms with E-state index in [2.05, 4.69) is 0 Å². The Bertz CT molecular complexity index is 1550. The fourth-order valence-corrected chi connectivity index (χ4v) is 4.51. The van der Waals surface area contributed by atoms with Crippen LogP contribution in [0.3, 0.4) is 0 Å². The van der Waals surface area contributed by atoms with Crippen LogP contribution in [0.25, 0.3) is 22.3 Å². The van der Waals surface area contributed by atoms with Gasteiger partial charge in [-0.05, 0) is 49.7 Å². The second kappa shape index (κ2) is 8.96. The minimum atomic E-state index is -0.511. The Hall–Kier alpha value is -4.46. The molecule has 184 valence electrons. The lowest BCUT2D eigenvalue weighted by Crippen LogP contribution is -2.22. The van der Waals surface area contributed by atoms with Gasteiger partial charge in [0.1, 0.15) is 34.0 Å². The van der Waals surface area contributed by atoms with Gasteiger partial charge in [0.15, 0.2) is 16.9 Å². The monoisotopic (exact) mass is 488 g/mol. The molecule has 1 atom stereocenters. The number of aromatic hydroxyl groups is 2. The third-order valence-electron chi connectivity index (χ3n) is 6.02. The van der Waals surface area contributed by atoms with Crippen LogP contribution < -0.4 is 19.6 Å². The van der Waals surface area contributed by atoms with Gasteiger partial charge in [0.2, 0.25) is 0 Å². The zero-order valence-corrected chi connectivity index (χ0v) is 19.9. The molecule has 2 heterocycles. The van der Waals surface area contributed by atoms with Crippen LogP contribution in [0.5, 0.6) is 28.7 Å². The third-order valence-corrected chi connectivity index (χ3v) is 6.02. The largest absolute Gasteiger partial charge is 0.507 e. The number of methoxy groups -OCH3 is 1. The van der Waals surface area contributed by atoms with Crippen molar-refractivity contribution in [3.63, 3.8) is 0 Å². The molecule has 0 spiro atoms. The van der Waals surface area contributed by atoms with Crippen molar-refractivity contribution in [3.8, 4) is 40.1 Å². The number of benzene rings is 3. The Labute approximate surface area is 206 Å². The van der Waals surface area contributed by atoms with Crippen molar-refractivity contribution >= 4 is 16.9 Å². The number of rotatable bonds is 5. The Kier molecular flexibility index (Phi) is 5.80. The van der Waals surface area contributed by atoms with Crippen molar-refractivity contribution in [2.45, 2.75) is 32.3 Å². The highest BCUT2D eigenvalue weighted by molar-refractivity contribution is 5.93. The second-order valence-corrected chi connectivity index (χ2v) is 8.84. The van der Waals surface area contributed by atoms with E-state index in [-0.39, 0.29) is 52.3 Å². The SMILES string of the molecule is COc1ccc(-c2cc(=O)c3c(O)cc4c(c3o2)[C@H](c2cccc(OC(C)C)c2)CC(=O)O4)cc1O. The first kappa shape index (κ1) is 23.3. The van der Waals surface area contributed by atoms with Gasteiger partial charge in [0.25, 0.3) is 0 Å². The molecule has 1 aliphatic heterocycles. The first-order valence-electron chi connectivity index (χ1n) is 11.4. The third kappa shape index (κ3) is 4.11. The van der Waals surface area contributed by atoms with Crippen LogP contribution in [0.4, 0.5) is 0 Å². The molecule has 0 saturated carbocycles. The average molecular weight is 488 g/mol. The summed E-state index contributed by atoms with van der Waals surface area (Å²) in [7, 11) is 1.43. The Morgan fingerprint density at radius 3 is 2.53 bits per heavy atom. The van der Waals surface area contributed by atoms with Crippen LogP contribution in [0.2, 0.25) is 0 Å². The minimum Gasteiger partial charge on any atom is -0.507 e. The molecule has 0 fully saturated rings. The molecule has 1 aromatic heterocycles. The van der Waals surface area contributed by atoms with E-state index < -0.39 is 17.3 Å². The van der Waals surface area contributed by atoms with Crippen molar-refractivity contribution < 1.29 is 33.6 Å². The van der Waals surface area contributed by atoms with Gasteiger partial charge in [-0.25, -0.2) is 0 Å². The van der Waals surface area contributed by atoms with Gasteiger partial charge in [-0.15, -0.1) is 0 Å². The lowest BCUT2D eigenvalue weighted by Gasteiger charge is -2.26. The van der Waals surface area contributed by atoms with Crippen molar-refractivity contribution in [3.05, 3.63) is 75.9 Å². The molecular weight excluding hydrogens is 464 g/mol. The lowest BCUT2D eigenvalue weighted by molar-refractivity contribution is -0.135. The number of ether oxygens (including phenoxy) is 3. The maximum atomic E-state index is 13.1. The topological polar surface area (TPSA) is 115 Å². The molecule has 0 aliphatic carbocycles. The molecule has 0 amide bonds. The van der Waals surface area contributed by atoms with E-state index in [0.29, 0.717) is 16.9 Å². The molecule has 3 aromatic carbocycles. The van der Waals surface area contributed by atoms with Gasteiger partial charge in [-0.3, -0.25) is 9.59 Å². The first-order chi connectivity index (χ1) is 17.2. The fraction of sp³-hybridized carbons (Fsp3) is 0.214. The van der Waals surface area contributed by atoms with Crippen molar-refractivity contribution in [1.82, 2.24) is 0 Å². The number of carbonyl (C=O) groups excluding carboxylic acids is 1. The maximum absolute atomic E-state index is 13.1. The van der Waals surface area contributed by atoms with Gasteiger partial charge < -0.3 is 28.8 Å². The summed E-state index contributed by atoms with van der Waals surface area (Å²) in [6, 6.07) is 14.5. The Morgan fingerprint density at radius 1 is 1.00 bits per heavy atom. The highest BCUT2D eigenvalue weighted by atomic mass is 16.5. The second-order valence-electron chi connectivity index (χ2n) is 8.84. The van der Waals surface area contributed by atoms with E-state index in [1.54, 1.807) is 12.1 Å². The summed E-state index contributed by atoms with van der Waals surface area (Å²) < 4.78 is 22.6. The zero-order chi connectivity index (χ0) is 25.6. The minimum absolute atomic E-state index is 0.00920. The van der Waals surface area contributed by atoms with Crippen LogP contribution in [0.15, 0.2) is 63.8 Å². The molecule has 8 heteroatoms. The summed E-state index contributed by atoms with van der Waals surface area (Å²) in [5.41, 5.74) is 1.31. The van der Waals surface area contributed by atoms with E-state index in [1.165, 1.54) is 25.3 Å². The van der Waals surface area contributed by atoms with Gasteiger partial charge >= 0.3 is 5.97 Å². The maximum Gasteiger partial charge on any atom is 0.312 e. The van der Waals surface area contributed by atoms with Crippen molar-refractivity contribution in [2.75, 3.05) is 7.11 Å². The number of carbonyl (C=O) groups is 1. The molecule has 0 radical (unpaired) electrons. The quantitative estimate of drug-likeness (QED) is 0.294. The summed E-state index contributed by atoms with van der Waals surface area (Å²) in [4.78, 5) is 25.6. The zero-order valence-electron chi connectivity index (χ0n) is 19.9. The molecule has 0 saturated heterocycles. The van der Waals surface area contributed by atoms with Gasteiger partial charge in [0, 0.05) is 29.2 Å². The summed E-state index contributed by atoms with van der Waals surface area (Å²) in [5.74, 6) is -0.256. The molecule has 4 aromatic rings. The lowest BCUT2D eigenvalue weighted by atomic mass is 9.85. The number of hydrogen-bond acceptors (Lipinski definition) is 8. The van der Waals surface area contributed by atoms with Crippen LogP contribution in [0.1, 0.15) is 37.3 Å². The van der Waals surface area contributed by atoms with Gasteiger partial charge in [-0.1, -0.05) is 12.1 Å². The van der Waals surface area contributed by atoms with E-state index >= 15 is 0 Å². The van der Waals surface area contributed by atoms with Gasteiger partial charge in [-0.2, -0.15) is 0 Å². The van der Waals surface area contributed by atoms with E-state index in [4.69, 9.17) is 18.6 Å². The standard InChI is InChI=1S/C28H24O8/c1-14(2)34-17-6-4-5-15(9-17)18-11-25(32)35-24-13-21(31)27-20(30)12-23(36-28(27)26(18)24)16-7-8-22(33-3)19(29)10-16/h4-10,12-14,18,29,31H,11H2,1-3H3/t18-/m0/s1. The summed E-state index contributed by atoms with van der Waals surface area (Å²) in [6.45, 7) is 3.84. The molecular formula is C28H24O8. The highest BCUT2D eigenvalue weighted by Gasteiger charge is 2.34. The summed E-state index contributed by atoms with van der Waals surface area (Å²) in [5, 5.41) is 20.8.